The van der Waals surface area contributed by atoms with Crippen LogP contribution in [0.15, 0.2) is 93.3 Å². The predicted molar refractivity (Wildman–Crippen MR) is 123 cm³/mol. The minimum Gasteiger partial charge on any atom is -0.394 e. The number of hydrazone groups is 1. The molecule has 0 unspecified atom stereocenters. The molecule has 5 rings (SSSR count). The molecule has 4 aromatic carbocycles. The number of amidine groups is 1. The summed E-state index contributed by atoms with van der Waals surface area (Å²) < 4.78 is 28.9. The van der Waals surface area contributed by atoms with E-state index in [1.54, 1.807) is 24.4 Å². The summed E-state index contributed by atoms with van der Waals surface area (Å²) >= 11 is 0. The van der Waals surface area contributed by atoms with Crippen LogP contribution < -0.4 is 0 Å². The maximum Gasteiger partial charge on any atom is 0.285 e. The van der Waals surface area contributed by atoms with Gasteiger partial charge in [-0.05, 0) is 39.7 Å². The first-order chi connectivity index (χ1) is 15.1. The Hall–Kier alpha value is -3.55. The summed E-state index contributed by atoms with van der Waals surface area (Å²) in [6, 6.07) is 24.9. The van der Waals surface area contributed by atoms with Gasteiger partial charge in [-0.3, -0.25) is 0 Å². The third kappa shape index (κ3) is 3.37. The Morgan fingerprint density at radius 2 is 1.52 bits per heavy atom. The summed E-state index contributed by atoms with van der Waals surface area (Å²) in [6.07, 6.45) is 1.72. The number of hydrogen-bond donors (Lipinski definition) is 1. The highest BCUT2D eigenvalue weighted by atomic mass is 32.2. The first-order valence-electron chi connectivity index (χ1n) is 9.86. The molecule has 1 N–H and O–H groups in total. The monoisotopic (exact) mass is 429 g/mol. The molecule has 154 valence electrons. The second-order valence-electron chi connectivity index (χ2n) is 7.21. The second-order valence-corrected chi connectivity index (χ2v) is 8.78. The van der Waals surface area contributed by atoms with Crippen LogP contribution in [0.5, 0.6) is 0 Å². The van der Waals surface area contributed by atoms with Crippen molar-refractivity contribution in [2.75, 3.05) is 13.2 Å². The van der Waals surface area contributed by atoms with Crippen LogP contribution in [0, 0.1) is 0 Å². The van der Waals surface area contributed by atoms with Gasteiger partial charge in [-0.1, -0.05) is 60.7 Å². The molecule has 0 fully saturated rings. The van der Waals surface area contributed by atoms with Gasteiger partial charge >= 0.3 is 0 Å². The molecule has 0 amide bonds. The Morgan fingerprint density at radius 1 is 0.903 bits per heavy atom. The molecule has 0 atom stereocenters. The quantitative estimate of drug-likeness (QED) is 0.304. The smallest absolute Gasteiger partial charge is 0.285 e. The van der Waals surface area contributed by atoms with Crippen LogP contribution in [0.4, 0.5) is 0 Å². The lowest BCUT2D eigenvalue weighted by Gasteiger charge is -2.18. The van der Waals surface area contributed by atoms with Gasteiger partial charge in [0.05, 0.1) is 19.4 Å². The van der Waals surface area contributed by atoms with Gasteiger partial charge in [0.2, 0.25) is 0 Å². The number of sulfonamides is 1. The Labute approximate surface area is 179 Å². The van der Waals surface area contributed by atoms with E-state index in [4.69, 9.17) is 0 Å². The lowest BCUT2D eigenvalue weighted by Crippen LogP contribution is -2.29. The molecule has 0 saturated heterocycles. The van der Waals surface area contributed by atoms with Gasteiger partial charge in [0.15, 0.2) is 5.84 Å². The highest BCUT2D eigenvalue weighted by Gasteiger charge is 2.31. The first-order valence-corrected chi connectivity index (χ1v) is 11.3. The van der Waals surface area contributed by atoms with Crippen molar-refractivity contribution in [1.82, 2.24) is 5.01 Å². The van der Waals surface area contributed by atoms with Crippen molar-refractivity contribution >= 4 is 43.6 Å². The number of aliphatic hydroxyl groups excluding tert-OH is 1. The topological polar surface area (TPSA) is 82.3 Å². The van der Waals surface area contributed by atoms with Crippen LogP contribution in [0.3, 0.4) is 0 Å². The van der Waals surface area contributed by atoms with Gasteiger partial charge in [-0.15, -0.1) is 4.40 Å². The summed E-state index contributed by atoms with van der Waals surface area (Å²) in [4.78, 5) is 0.152. The normalized spacial score (nSPS) is 14.8. The fourth-order valence-electron chi connectivity index (χ4n) is 3.90. The molecule has 0 spiro atoms. The van der Waals surface area contributed by atoms with Crippen LogP contribution >= 0.6 is 0 Å². The summed E-state index contributed by atoms with van der Waals surface area (Å²) in [5, 5.41) is 19.9. The zero-order chi connectivity index (χ0) is 21.4. The Kier molecular flexibility index (Phi) is 4.77. The lowest BCUT2D eigenvalue weighted by molar-refractivity contribution is 0.254. The van der Waals surface area contributed by atoms with Crippen LogP contribution in [0.2, 0.25) is 0 Å². The number of aliphatic hydroxyl groups is 1. The molecule has 0 bridgehead atoms. The summed E-state index contributed by atoms with van der Waals surface area (Å²) in [5.41, 5.74) is 1.40. The molecule has 1 heterocycles. The van der Waals surface area contributed by atoms with Crippen molar-refractivity contribution in [3.63, 3.8) is 0 Å². The van der Waals surface area contributed by atoms with Crippen LogP contribution in [0.1, 0.15) is 11.1 Å². The SMILES string of the molecule is O=S1(=O)N=C(N(CCO)/N=C\c2c3ccccc3cc3ccccc23)c2ccccc21. The third-order valence-corrected chi connectivity index (χ3v) is 6.63. The molecule has 0 radical (unpaired) electrons. The molecular formula is C24H19N3O3S. The number of benzene rings is 4. The average molecular weight is 430 g/mol. The van der Waals surface area contributed by atoms with E-state index in [0.29, 0.717) is 5.56 Å². The molecule has 0 aliphatic carbocycles. The van der Waals surface area contributed by atoms with Crippen LogP contribution in [0.25, 0.3) is 21.5 Å². The van der Waals surface area contributed by atoms with E-state index in [-0.39, 0.29) is 23.9 Å². The molecule has 7 heteroatoms. The largest absolute Gasteiger partial charge is 0.394 e. The van der Waals surface area contributed by atoms with Crippen molar-refractivity contribution in [3.05, 3.63) is 90.0 Å². The van der Waals surface area contributed by atoms with Gasteiger partial charge in [0.25, 0.3) is 10.0 Å². The fraction of sp³-hybridized carbons (Fsp3) is 0.0833. The maximum absolute atomic E-state index is 12.5. The van der Waals surface area contributed by atoms with Gasteiger partial charge in [-0.25, -0.2) is 5.01 Å². The first kappa shape index (κ1) is 19.4. The Bertz CT molecular complexity index is 1420. The Morgan fingerprint density at radius 3 is 2.19 bits per heavy atom. The van der Waals surface area contributed by atoms with E-state index >= 15 is 0 Å². The molecule has 0 saturated carbocycles. The van der Waals surface area contributed by atoms with E-state index in [9.17, 15) is 13.5 Å². The third-order valence-electron chi connectivity index (χ3n) is 5.31. The van der Waals surface area contributed by atoms with E-state index < -0.39 is 10.0 Å². The second kappa shape index (κ2) is 7.61. The lowest BCUT2D eigenvalue weighted by atomic mass is 9.97. The van der Waals surface area contributed by atoms with E-state index in [2.05, 4.69) is 27.7 Å². The summed E-state index contributed by atoms with van der Waals surface area (Å²) in [6.45, 7) is -0.0866. The van der Waals surface area contributed by atoms with Crippen molar-refractivity contribution in [3.8, 4) is 0 Å². The Balaban J connectivity index is 1.66. The van der Waals surface area contributed by atoms with E-state index in [1.807, 2.05) is 36.4 Å². The van der Waals surface area contributed by atoms with E-state index in [1.165, 1.54) is 11.1 Å². The van der Waals surface area contributed by atoms with Crippen molar-refractivity contribution in [1.29, 1.82) is 0 Å². The molecular weight excluding hydrogens is 410 g/mol. The molecule has 6 nitrogen and oxygen atoms in total. The fourth-order valence-corrected chi connectivity index (χ4v) is 5.11. The molecule has 0 aromatic heterocycles. The summed E-state index contributed by atoms with van der Waals surface area (Å²) in [5.74, 6) is 0.213. The van der Waals surface area contributed by atoms with Crippen molar-refractivity contribution in [2.24, 2.45) is 9.50 Å². The zero-order valence-electron chi connectivity index (χ0n) is 16.5. The van der Waals surface area contributed by atoms with E-state index in [0.717, 1.165) is 27.1 Å². The highest BCUT2D eigenvalue weighted by Crippen LogP contribution is 2.29. The predicted octanol–water partition coefficient (Wildman–Crippen LogP) is 3.77. The van der Waals surface area contributed by atoms with Gasteiger partial charge in [-0.2, -0.15) is 13.5 Å². The molecule has 4 aromatic rings. The minimum absolute atomic E-state index is 0.113. The molecule has 1 aliphatic rings. The molecule has 31 heavy (non-hydrogen) atoms. The maximum atomic E-state index is 12.5. The molecule has 1 aliphatic heterocycles. The van der Waals surface area contributed by atoms with Crippen molar-refractivity contribution < 1.29 is 13.5 Å². The average Bonchev–Trinajstić information content (AvgIpc) is 3.06. The summed E-state index contributed by atoms with van der Waals surface area (Å²) in [7, 11) is -3.78. The number of hydrogen-bond acceptors (Lipinski definition) is 5. The zero-order valence-corrected chi connectivity index (χ0v) is 17.3. The van der Waals surface area contributed by atoms with Gasteiger partial charge < -0.3 is 5.11 Å². The van der Waals surface area contributed by atoms with Crippen LogP contribution in [-0.2, 0) is 10.0 Å². The van der Waals surface area contributed by atoms with Gasteiger partial charge in [0, 0.05) is 11.1 Å². The minimum atomic E-state index is -3.78. The number of rotatable bonds is 4. The number of fused-ring (bicyclic) bond motifs is 3. The number of nitrogens with zero attached hydrogens (tertiary/aromatic N) is 3. The highest BCUT2D eigenvalue weighted by molar-refractivity contribution is 7.90. The standard InChI is InChI=1S/C24H19N3O3S/c28-14-13-27(24-21-11-5-6-12-23(21)31(29,30)26-24)25-16-22-19-9-3-1-7-17(19)15-18-8-2-4-10-20(18)22/h1-12,15-16,28H,13-14H2/b25-16-. The van der Waals surface area contributed by atoms with Crippen molar-refractivity contribution in [2.45, 2.75) is 4.90 Å². The van der Waals surface area contributed by atoms with Gasteiger partial charge in [0.1, 0.15) is 4.90 Å². The van der Waals surface area contributed by atoms with Crippen LogP contribution in [-0.4, -0.2) is 43.7 Å².